The van der Waals surface area contributed by atoms with Gasteiger partial charge in [-0.05, 0) is 35.7 Å². The van der Waals surface area contributed by atoms with Gasteiger partial charge in [-0.2, -0.15) is 26.3 Å². The number of aromatic nitrogens is 3. The summed E-state index contributed by atoms with van der Waals surface area (Å²) in [6.45, 7) is 0.720. The van der Waals surface area contributed by atoms with Gasteiger partial charge in [-0.1, -0.05) is 6.07 Å². The van der Waals surface area contributed by atoms with Crippen LogP contribution < -0.4 is 4.90 Å². The quantitative estimate of drug-likeness (QED) is 0.478. The molecule has 190 valence electrons. The summed E-state index contributed by atoms with van der Waals surface area (Å²) >= 11 is 0. The molecule has 13 heteroatoms. The Morgan fingerprint density at radius 2 is 1.44 bits per heavy atom. The van der Waals surface area contributed by atoms with Crippen LogP contribution in [-0.4, -0.2) is 51.9 Å². The minimum Gasteiger partial charge on any atom is -0.337 e. The number of hydrogen-bond acceptors (Lipinski definition) is 5. The molecule has 1 amide bonds. The number of anilines is 1. The van der Waals surface area contributed by atoms with E-state index in [0.717, 1.165) is 12.1 Å². The van der Waals surface area contributed by atoms with Crippen LogP contribution in [0, 0.1) is 5.82 Å². The lowest BCUT2D eigenvalue weighted by Crippen LogP contribution is -2.49. The molecule has 6 nitrogen and oxygen atoms in total. The fourth-order valence-electron chi connectivity index (χ4n) is 3.73. The molecule has 0 spiro atoms. The predicted octanol–water partition coefficient (Wildman–Crippen LogP) is 4.60. The maximum atomic E-state index is 14.5. The van der Waals surface area contributed by atoms with Crippen LogP contribution in [0.5, 0.6) is 0 Å². The molecule has 1 aromatic carbocycles. The SMILES string of the molecule is O=C(c1cc(Cc2cncc(C(F)(F)F)c2)ccc1F)N1CCN(c2ncc(C(F)(F)F)cn2)CC1. The maximum absolute atomic E-state index is 14.5. The highest BCUT2D eigenvalue weighted by Gasteiger charge is 2.33. The summed E-state index contributed by atoms with van der Waals surface area (Å²) in [5.41, 5.74) is -1.44. The summed E-state index contributed by atoms with van der Waals surface area (Å²) in [5.74, 6) is -1.30. The lowest BCUT2D eigenvalue weighted by atomic mass is 10.0. The van der Waals surface area contributed by atoms with Gasteiger partial charge in [0.25, 0.3) is 5.91 Å². The third kappa shape index (κ3) is 5.71. The van der Waals surface area contributed by atoms with Crippen LogP contribution in [0.3, 0.4) is 0 Å². The van der Waals surface area contributed by atoms with Crippen molar-refractivity contribution in [1.82, 2.24) is 19.9 Å². The topological polar surface area (TPSA) is 62.2 Å². The second-order valence-corrected chi connectivity index (χ2v) is 8.12. The number of carbonyl (C=O) groups is 1. The zero-order valence-electron chi connectivity index (χ0n) is 18.4. The van der Waals surface area contributed by atoms with Crippen LogP contribution >= 0.6 is 0 Å². The van der Waals surface area contributed by atoms with Crippen molar-refractivity contribution in [2.24, 2.45) is 0 Å². The molecule has 0 atom stereocenters. The molecule has 1 aliphatic rings. The van der Waals surface area contributed by atoms with Gasteiger partial charge in [0, 0.05) is 51.0 Å². The molecule has 3 aromatic rings. The molecule has 2 aromatic heterocycles. The van der Waals surface area contributed by atoms with Crippen LogP contribution in [-0.2, 0) is 18.8 Å². The third-order valence-corrected chi connectivity index (χ3v) is 5.61. The van der Waals surface area contributed by atoms with Crippen molar-refractivity contribution in [2.75, 3.05) is 31.1 Å². The Morgan fingerprint density at radius 1 is 0.806 bits per heavy atom. The van der Waals surface area contributed by atoms with Crippen molar-refractivity contribution in [3.05, 3.63) is 82.7 Å². The van der Waals surface area contributed by atoms with Crippen molar-refractivity contribution < 1.29 is 35.5 Å². The Bertz CT molecular complexity index is 1240. The fourth-order valence-corrected chi connectivity index (χ4v) is 3.73. The summed E-state index contributed by atoms with van der Waals surface area (Å²) in [7, 11) is 0. The smallest absolute Gasteiger partial charge is 0.337 e. The Morgan fingerprint density at radius 3 is 2.06 bits per heavy atom. The Kier molecular flexibility index (Phi) is 6.83. The fraction of sp³-hybridized carbons (Fsp3) is 0.304. The van der Waals surface area contributed by atoms with Gasteiger partial charge in [0.2, 0.25) is 5.95 Å². The molecule has 3 heterocycles. The number of rotatable bonds is 4. The first-order valence-electron chi connectivity index (χ1n) is 10.6. The van der Waals surface area contributed by atoms with Gasteiger partial charge >= 0.3 is 12.4 Å². The normalized spacial score (nSPS) is 14.8. The summed E-state index contributed by atoms with van der Waals surface area (Å²) in [5, 5.41) is 0. The number of pyridine rings is 1. The molecular weight excluding hydrogens is 495 g/mol. The Hall–Kier alpha value is -3.77. The highest BCUT2D eigenvalue weighted by atomic mass is 19.4. The summed E-state index contributed by atoms with van der Waals surface area (Å²) in [6, 6.07) is 4.70. The number of piperazine rings is 1. The Balaban J connectivity index is 1.43. The standard InChI is InChI=1S/C23H18F7N5O/c24-19-2-1-14(7-15-8-16(11-31-10-15)22(25,26)27)9-18(19)20(36)34-3-5-35(6-4-34)21-32-12-17(13-33-21)23(28,29)30/h1-2,8-13H,3-7H2. The van der Waals surface area contributed by atoms with Gasteiger partial charge < -0.3 is 9.80 Å². The van der Waals surface area contributed by atoms with Gasteiger partial charge in [-0.25, -0.2) is 14.4 Å². The largest absolute Gasteiger partial charge is 0.419 e. The van der Waals surface area contributed by atoms with E-state index >= 15 is 0 Å². The molecule has 1 saturated heterocycles. The van der Waals surface area contributed by atoms with E-state index in [1.165, 1.54) is 23.2 Å². The van der Waals surface area contributed by atoms with Crippen molar-refractivity contribution in [3.63, 3.8) is 0 Å². The lowest BCUT2D eigenvalue weighted by molar-refractivity contribution is -0.138. The van der Waals surface area contributed by atoms with E-state index in [-0.39, 0.29) is 49.7 Å². The van der Waals surface area contributed by atoms with Crippen molar-refractivity contribution in [2.45, 2.75) is 18.8 Å². The second-order valence-electron chi connectivity index (χ2n) is 8.12. The zero-order chi connectivity index (χ0) is 26.1. The van der Waals surface area contributed by atoms with Crippen molar-refractivity contribution >= 4 is 11.9 Å². The van der Waals surface area contributed by atoms with E-state index in [2.05, 4.69) is 15.0 Å². The number of benzene rings is 1. The van der Waals surface area contributed by atoms with Gasteiger partial charge in [-0.3, -0.25) is 9.78 Å². The van der Waals surface area contributed by atoms with Crippen LogP contribution in [0.2, 0.25) is 0 Å². The lowest BCUT2D eigenvalue weighted by Gasteiger charge is -2.34. The number of carbonyl (C=O) groups excluding carboxylic acids is 1. The highest BCUT2D eigenvalue weighted by molar-refractivity contribution is 5.94. The first-order chi connectivity index (χ1) is 16.9. The molecule has 0 unspecified atom stereocenters. The number of hydrogen-bond donors (Lipinski definition) is 0. The first kappa shape index (κ1) is 25.3. The maximum Gasteiger partial charge on any atom is 0.419 e. The minimum absolute atomic E-state index is 0.0104. The molecule has 0 N–H and O–H groups in total. The molecule has 1 aliphatic heterocycles. The molecule has 0 radical (unpaired) electrons. The van der Waals surface area contributed by atoms with Crippen LogP contribution in [0.15, 0.2) is 49.1 Å². The predicted molar refractivity (Wildman–Crippen MR) is 114 cm³/mol. The Labute approximate surface area is 200 Å². The van der Waals surface area contributed by atoms with Gasteiger partial charge in [0.1, 0.15) is 5.82 Å². The number of halogens is 7. The monoisotopic (exact) mass is 513 g/mol. The number of alkyl halides is 6. The summed E-state index contributed by atoms with van der Waals surface area (Å²) < 4.78 is 91.4. The summed E-state index contributed by atoms with van der Waals surface area (Å²) in [6.07, 6.45) is -5.76. The van der Waals surface area contributed by atoms with Crippen LogP contribution in [0.1, 0.15) is 32.6 Å². The highest BCUT2D eigenvalue weighted by Crippen LogP contribution is 2.30. The number of nitrogens with zero attached hydrogens (tertiary/aromatic N) is 5. The van der Waals surface area contributed by atoms with Gasteiger partial charge in [-0.15, -0.1) is 0 Å². The molecule has 0 bridgehead atoms. The second kappa shape index (κ2) is 9.70. The minimum atomic E-state index is -4.56. The average molecular weight is 513 g/mol. The molecule has 1 fully saturated rings. The third-order valence-electron chi connectivity index (χ3n) is 5.61. The van der Waals surface area contributed by atoms with Crippen LogP contribution in [0.4, 0.5) is 36.7 Å². The first-order valence-corrected chi connectivity index (χ1v) is 10.6. The van der Waals surface area contributed by atoms with E-state index in [4.69, 9.17) is 0 Å². The molecular formula is C23H18F7N5O. The zero-order valence-corrected chi connectivity index (χ0v) is 18.4. The molecule has 36 heavy (non-hydrogen) atoms. The van der Waals surface area contributed by atoms with Gasteiger partial charge in [0.15, 0.2) is 0 Å². The van der Waals surface area contributed by atoms with E-state index in [0.29, 0.717) is 24.2 Å². The molecule has 0 aliphatic carbocycles. The van der Waals surface area contributed by atoms with Crippen LogP contribution in [0.25, 0.3) is 0 Å². The van der Waals surface area contributed by atoms with Crippen molar-refractivity contribution in [3.8, 4) is 0 Å². The van der Waals surface area contributed by atoms with E-state index in [9.17, 15) is 35.5 Å². The van der Waals surface area contributed by atoms with Crippen molar-refractivity contribution in [1.29, 1.82) is 0 Å². The molecule has 0 saturated carbocycles. The molecule has 4 rings (SSSR count). The summed E-state index contributed by atoms with van der Waals surface area (Å²) in [4.78, 5) is 27.0. The van der Waals surface area contributed by atoms with E-state index in [1.54, 1.807) is 4.90 Å². The average Bonchev–Trinajstić information content (AvgIpc) is 2.84. The number of amides is 1. The van der Waals surface area contributed by atoms with Gasteiger partial charge in [0.05, 0.1) is 16.7 Å². The van der Waals surface area contributed by atoms with E-state index < -0.39 is 35.2 Å². The van der Waals surface area contributed by atoms with E-state index in [1.807, 2.05) is 0 Å².